The van der Waals surface area contributed by atoms with E-state index in [-0.39, 0.29) is 5.82 Å². The number of benzene rings is 3. The molecule has 4 rings (SSSR count). The molecule has 0 bridgehead atoms. The van der Waals surface area contributed by atoms with Crippen molar-refractivity contribution in [1.29, 1.82) is 0 Å². The van der Waals surface area contributed by atoms with Gasteiger partial charge in [0.05, 0.1) is 0 Å². The van der Waals surface area contributed by atoms with Gasteiger partial charge in [-0.25, -0.2) is 4.39 Å². The van der Waals surface area contributed by atoms with Crippen LogP contribution in [0.25, 0.3) is 11.5 Å². The third-order valence-electron chi connectivity index (χ3n) is 3.79. The van der Waals surface area contributed by atoms with Crippen LogP contribution in [0.4, 0.5) is 4.39 Å². The first-order valence-corrected chi connectivity index (χ1v) is 9.29. The third-order valence-corrected chi connectivity index (χ3v) is 4.66. The van der Waals surface area contributed by atoms with Crippen LogP contribution in [0.15, 0.2) is 88.5 Å². The van der Waals surface area contributed by atoms with Gasteiger partial charge in [-0.05, 0) is 42.5 Å². The fourth-order valence-electron chi connectivity index (χ4n) is 2.45. The van der Waals surface area contributed by atoms with Gasteiger partial charge in [0.15, 0.2) is 0 Å². The highest BCUT2D eigenvalue weighted by Crippen LogP contribution is 2.31. The van der Waals surface area contributed by atoms with Crippen molar-refractivity contribution in [2.24, 2.45) is 0 Å². The molecule has 3 aromatic carbocycles. The van der Waals surface area contributed by atoms with Gasteiger partial charge in [0.25, 0.3) is 5.22 Å². The summed E-state index contributed by atoms with van der Waals surface area (Å²) in [5.41, 5.74) is 1.71. The lowest BCUT2D eigenvalue weighted by Crippen LogP contribution is -1.90. The van der Waals surface area contributed by atoms with Crippen LogP contribution >= 0.6 is 11.8 Å². The number of rotatable bonds is 6. The standard InChI is InChI=1S/C21H15FN2O2S/c22-17-12-10-15(11-13-17)20-23-24-21(26-20)27-14-16-6-4-5-9-19(16)25-18-7-2-1-3-8-18/h1-13H,14H2. The number of nitrogens with zero attached hydrogens (tertiary/aromatic N) is 2. The van der Waals surface area contributed by atoms with Crippen LogP contribution in [0, 0.1) is 5.82 Å². The van der Waals surface area contributed by atoms with E-state index in [1.54, 1.807) is 12.1 Å². The predicted molar refractivity (Wildman–Crippen MR) is 102 cm³/mol. The second-order valence-corrected chi connectivity index (χ2v) is 6.62. The average molecular weight is 378 g/mol. The van der Waals surface area contributed by atoms with Crippen LogP contribution in [0.1, 0.15) is 5.56 Å². The summed E-state index contributed by atoms with van der Waals surface area (Å²) in [5.74, 6) is 2.25. The zero-order valence-electron chi connectivity index (χ0n) is 14.2. The summed E-state index contributed by atoms with van der Waals surface area (Å²) in [4.78, 5) is 0. The van der Waals surface area contributed by atoms with Crippen molar-refractivity contribution in [1.82, 2.24) is 10.2 Å². The smallest absolute Gasteiger partial charge is 0.277 e. The predicted octanol–water partition coefficient (Wildman–Crippen LogP) is 5.96. The van der Waals surface area contributed by atoms with Gasteiger partial charge in [0.2, 0.25) is 5.89 Å². The molecule has 6 heteroatoms. The lowest BCUT2D eigenvalue weighted by Gasteiger charge is -2.10. The van der Waals surface area contributed by atoms with Gasteiger partial charge in [-0.3, -0.25) is 0 Å². The average Bonchev–Trinajstić information content (AvgIpc) is 3.18. The first kappa shape index (κ1) is 17.3. The van der Waals surface area contributed by atoms with Crippen molar-refractivity contribution in [3.63, 3.8) is 0 Å². The maximum Gasteiger partial charge on any atom is 0.277 e. The highest BCUT2D eigenvalue weighted by Gasteiger charge is 2.11. The van der Waals surface area contributed by atoms with Crippen LogP contribution in [0.3, 0.4) is 0 Å². The lowest BCUT2D eigenvalue weighted by molar-refractivity contribution is 0.465. The van der Waals surface area contributed by atoms with Gasteiger partial charge in [-0.1, -0.05) is 48.2 Å². The van der Waals surface area contributed by atoms with E-state index in [2.05, 4.69) is 10.2 Å². The summed E-state index contributed by atoms with van der Waals surface area (Å²) < 4.78 is 24.7. The Balaban J connectivity index is 1.46. The monoisotopic (exact) mass is 378 g/mol. The quantitative estimate of drug-likeness (QED) is 0.387. The molecule has 1 aromatic heterocycles. The second kappa shape index (κ2) is 8.05. The minimum atomic E-state index is -0.303. The van der Waals surface area contributed by atoms with E-state index in [1.165, 1.54) is 23.9 Å². The van der Waals surface area contributed by atoms with Gasteiger partial charge in [0, 0.05) is 16.9 Å². The topological polar surface area (TPSA) is 48.2 Å². The fourth-order valence-corrected chi connectivity index (χ4v) is 3.21. The number of ether oxygens (including phenoxy) is 1. The van der Waals surface area contributed by atoms with E-state index < -0.39 is 0 Å². The number of para-hydroxylation sites is 2. The molecule has 0 aliphatic rings. The summed E-state index contributed by atoms with van der Waals surface area (Å²) in [6.45, 7) is 0. The van der Waals surface area contributed by atoms with E-state index in [1.807, 2.05) is 54.6 Å². The summed E-state index contributed by atoms with van der Waals surface area (Å²) in [7, 11) is 0. The number of halogens is 1. The minimum absolute atomic E-state index is 0.303. The van der Waals surface area contributed by atoms with Crippen molar-refractivity contribution in [2.45, 2.75) is 11.0 Å². The first-order valence-electron chi connectivity index (χ1n) is 8.31. The number of hydrogen-bond acceptors (Lipinski definition) is 5. The van der Waals surface area contributed by atoms with Crippen molar-refractivity contribution >= 4 is 11.8 Å². The molecule has 0 aliphatic carbocycles. The van der Waals surface area contributed by atoms with Crippen LogP contribution in [-0.4, -0.2) is 10.2 Å². The highest BCUT2D eigenvalue weighted by molar-refractivity contribution is 7.98. The number of thioether (sulfide) groups is 1. The summed E-state index contributed by atoms with van der Waals surface area (Å²) in [6, 6.07) is 23.4. The SMILES string of the molecule is Fc1ccc(-c2nnc(SCc3ccccc3Oc3ccccc3)o2)cc1. The zero-order valence-corrected chi connectivity index (χ0v) is 15.0. The molecule has 0 aliphatic heterocycles. The Kier molecular flexibility index (Phi) is 5.16. The Hall–Kier alpha value is -3.12. The van der Waals surface area contributed by atoms with E-state index in [9.17, 15) is 4.39 Å². The van der Waals surface area contributed by atoms with Gasteiger partial charge in [0.1, 0.15) is 17.3 Å². The van der Waals surface area contributed by atoms with Gasteiger partial charge >= 0.3 is 0 Å². The molecule has 1 heterocycles. The zero-order chi connectivity index (χ0) is 18.5. The molecular weight excluding hydrogens is 363 g/mol. The molecule has 0 N–H and O–H groups in total. The van der Waals surface area contributed by atoms with Crippen LogP contribution in [-0.2, 0) is 5.75 Å². The largest absolute Gasteiger partial charge is 0.457 e. The molecule has 0 radical (unpaired) electrons. The van der Waals surface area contributed by atoms with E-state index in [0.29, 0.717) is 22.4 Å². The van der Waals surface area contributed by atoms with Crippen LogP contribution in [0.2, 0.25) is 0 Å². The molecular formula is C21H15FN2O2S. The van der Waals surface area contributed by atoms with Crippen molar-refractivity contribution < 1.29 is 13.5 Å². The molecule has 134 valence electrons. The number of hydrogen-bond donors (Lipinski definition) is 0. The minimum Gasteiger partial charge on any atom is -0.457 e. The fraction of sp³-hybridized carbons (Fsp3) is 0.0476. The Bertz CT molecular complexity index is 1020. The third kappa shape index (κ3) is 4.35. The maximum atomic E-state index is 13.0. The molecule has 4 nitrogen and oxygen atoms in total. The highest BCUT2D eigenvalue weighted by atomic mass is 32.2. The molecule has 27 heavy (non-hydrogen) atoms. The molecule has 0 atom stereocenters. The van der Waals surface area contributed by atoms with Crippen LogP contribution in [0.5, 0.6) is 11.5 Å². The normalized spacial score (nSPS) is 10.7. The number of aromatic nitrogens is 2. The van der Waals surface area contributed by atoms with Crippen molar-refractivity contribution in [2.75, 3.05) is 0 Å². The second-order valence-electron chi connectivity index (χ2n) is 5.69. The van der Waals surface area contributed by atoms with E-state index >= 15 is 0 Å². The van der Waals surface area contributed by atoms with Crippen molar-refractivity contribution in [3.05, 3.63) is 90.2 Å². The Morgan fingerprint density at radius 2 is 1.59 bits per heavy atom. The summed E-state index contributed by atoms with van der Waals surface area (Å²) in [5, 5.41) is 8.53. The van der Waals surface area contributed by atoms with Gasteiger partial charge in [-0.15, -0.1) is 10.2 Å². The van der Waals surface area contributed by atoms with Crippen molar-refractivity contribution in [3.8, 4) is 23.0 Å². The molecule has 4 aromatic rings. The lowest BCUT2D eigenvalue weighted by atomic mass is 10.2. The molecule has 0 unspecified atom stereocenters. The molecule has 0 spiro atoms. The molecule has 0 saturated heterocycles. The Morgan fingerprint density at radius 1 is 0.852 bits per heavy atom. The Labute approximate surface area is 160 Å². The van der Waals surface area contributed by atoms with E-state index in [0.717, 1.165) is 17.1 Å². The van der Waals surface area contributed by atoms with Gasteiger partial charge in [-0.2, -0.15) is 0 Å². The Morgan fingerprint density at radius 3 is 2.41 bits per heavy atom. The summed E-state index contributed by atoms with van der Waals surface area (Å²) in [6.07, 6.45) is 0. The summed E-state index contributed by atoms with van der Waals surface area (Å²) >= 11 is 1.42. The molecule has 0 amide bonds. The maximum absolute atomic E-state index is 13.0. The molecule has 0 fully saturated rings. The van der Waals surface area contributed by atoms with Crippen LogP contribution < -0.4 is 4.74 Å². The first-order chi connectivity index (χ1) is 13.3. The van der Waals surface area contributed by atoms with E-state index in [4.69, 9.17) is 9.15 Å². The molecule has 0 saturated carbocycles. The van der Waals surface area contributed by atoms with Gasteiger partial charge < -0.3 is 9.15 Å².